The standard InChI is InChI=1S/C32H32N6O7/c1-20-8-9-26-23(16-20)30(40)37(32(42)34(26)2)22-10-12-35(13-11-22)29(39)24-17-25-28(18-27(24)38(43)44)36(31(41)33-25)14-15-45-19-21-6-4-3-5-7-21/h3-9,16-18,22H,10-15,19H2,1-2H3,(H,33,41). The van der Waals surface area contributed by atoms with Crippen LogP contribution in [0.5, 0.6) is 0 Å². The molecule has 6 rings (SSSR count). The van der Waals surface area contributed by atoms with Gasteiger partial charge in [0.25, 0.3) is 17.2 Å². The van der Waals surface area contributed by atoms with Gasteiger partial charge in [-0.2, -0.15) is 0 Å². The van der Waals surface area contributed by atoms with Crippen LogP contribution < -0.4 is 16.9 Å². The quantitative estimate of drug-likeness (QED) is 0.160. The number of aromatic nitrogens is 4. The molecule has 0 spiro atoms. The van der Waals surface area contributed by atoms with Gasteiger partial charge in [0.15, 0.2) is 0 Å². The van der Waals surface area contributed by atoms with E-state index in [2.05, 4.69) is 4.98 Å². The summed E-state index contributed by atoms with van der Waals surface area (Å²) in [6.45, 7) is 2.98. The molecule has 0 atom stereocenters. The lowest BCUT2D eigenvalue weighted by atomic mass is 10.0. The Morgan fingerprint density at radius 1 is 1.02 bits per heavy atom. The summed E-state index contributed by atoms with van der Waals surface area (Å²) in [4.78, 5) is 68.6. The lowest BCUT2D eigenvalue weighted by molar-refractivity contribution is -0.385. The van der Waals surface area contributed by atoms with Crippen LogP contribution in [0, 0.1) is 17.0 Å². The predicted octanol–water partition coefficient (Wildman–Crippen LogP) is 3.25. The van der Waals surface area contributed by atoms with Crippen LogP contribution >= 0.6 is 0 Å². The molecule has 0 aliphatic carbocycles. The first-order valence-corrected chi connectivity index (χ1v) is 14.7. The van der Waals surface area contributed by atoms with E-state index in [1.807, 2.05) is 43.3 Å². The number of hydrogen-bond acceptors (Lipinski definition) is 7. The van der Waals surface area contributed by atoms with E-state index in [9.17, 15) is 29.3 Å². The first-order chi connectivity index (χ1) is 21.6. The number of imidazole rings is 1. The molecular formula is C32H32N6O7. The van der Waals surface area contributed by atoms with E-state index in [0.717, 1.165) is 11.1 Å². The second-order valence-corrected chi connectivity index (χ2v) is 11.3. The zero-order valence-electron chi connectivity index (χ0n) is 24.9. The predicted molar refractivity (Wildman–Crippen MR) is 168 cm³/mol. The molecule has 2 aromatic heterocycles. The number of rotatable bonds is 8. The minimum Gasteiger partial charge on any atom is -0.375 e. The van der Waals surface area contributed by atoms with Crippen molar-refractivity contribution in [2.75, 3.05) is 19.7 Å². The first-order valence-electron chi connectivity index (χ1n) is 14.7. The molecule has 232 valence electrons. The maximum atomic E-state index is 13.6. The van der Waals surface area contributed by atoms with Crippen LogP contribution in [-0.4, -0.2) is 54.1 Å². The number of carbonyl (C=O) groups excluding carboxylic acids is 1. The molecule has 1 N–H and O–H groups in total. The number of ether oxygens (including phenoxy) is 1. The van der Waals surface area contributed by atoms with Crippen LogP contribution in [0.4, 0.5) is 5.69 Å². The fourth-order valence-electron chi connectivity index (χ4n) is 6.07. The van der Waals surface area contributed by atoms with Crippen molar-refractivity contribution in [3.63, 3.8) is 0 Å². The maximum absolute atomic E-state index is 13.6. The van der Waals surface area contributed by atoms with Crippen molar-refractivity contribution in [2.45, 2.75) is 39.0 Å². The third-order valence-corrected chi connectivity index (χ3v) is 8.46. The third-order valence-electron chi connectivity index (χ3n) is 8.46. The number of aryl methyl sites for hydroxylation is 2. The van der Waals surface area contributed by atoms with E-state index in [-0.39, 0.29) is 37.4 Å². The molecule has 3 aromatic carbocycles. The average molecular weight is 613 g/mol. The summed E-state index contributed by atoms with van der Waals surface area (Å²) in [6.07, 6.45) is 0.648. The molecule has 0 unspecified atom stereocenters. The van der Waals surface area contributed by atoms with Gasteiger partial charge in [-0.1, -0.05) is 42.0 Å². The van der Waals surface area contributed by atoms with Gasteiger partial charge in [0.1, 0.15) is 5.56 Å². The highest BCUT2D eigenvalue weighted by molar-refractivity contribution is 6.01. The molecule has 1 amide bonds. The zero-order chi connectivity index (χ0) is 31.8. The van der Waals surface area contributed by atoms with Crippen LogP contribution in [-0.2, 0) is 24.9 Å². The first kappa shape index (κ1) is 29.8. The van der Waals surface area contributed by atoms with Gasteiger partial charge >= 0.3 is 11.4 Å². The number of benzene rings is 3. The van der Waals surface area contributed by atoms with E-state index in [4.69, 9.17) is 4.74 Å². The molecular weight excluding hydrogens is 580 g/mol. The van der Waals surface area contributed by atoms with E-state index in [1.54, 1.807) is 19.2 Å². The molecule has 0 radical (unpaired) electrons. The number of hydrogen-bond donors (Lipinski definition) is 1. The van der Waals surface area contributed by atoms with Crippen LogP contribution in [0.1, 0.15) is 40.4 Å². The Kier molecular flexibility index (Phi) is 7.94. The third kappa shape index (κ3) is 5.57. The summed E-state index contributed by atoms with van der Waals surface area (Å²) in [7, 11) is 1.62. The Morgan fingerprint density at radius 2 is 1.76 bits per heavy atom. The minimum absolute atomic E-state index is 0.145. The summed E-state index contributed by atoms with van der Waals surface area (Å²) < 4.78 is 9.76. The Balaban J connectivity index is 1.21. The Morgan fingerprint density at radius 3 is 2.47 bits per heavy atom. The van der Waals surface area contributed by atoms with E-state index >= 15 is 0 Å². The number of nitro benzene ring substituents is 1. The molecule has 1 aliphatic heterocycles. The molecule has 13 nitrogen and oxygen atoms in total. The second kappa shape index (κ2) is 12.0. The number of H-pyrrole nitrogens is 1. The monoisotopic (exact) mass is 612 g/mol. The van der Waals surface area contributed by atoms with E-state index in [0.29, 0.717) is 41.4 Å². The lowest BCUT2D eigenvalue weighted by Gasteiger charge is -2.32. The fourth-order valence-corrected chi connectivity index (χ4v) is 6.07. The topological polar surface area (TPSA) is 154 Å². The summed E-state index contributed by atoms with van der Waals surface area (Å²) >= 11 is 0. The SMILES string of the molecule is Cc1ccc2c(c1)c(=O)n(C1CCN(C(=O)c3cc4[nH]c(=O)n(CCOCc5ccccc5)c4cc3[N+](=O)[O-])CC1)c(=O)n2C. The van der Waals surface area contributed by atoms with Gasteiger partial charge in [0.05, 0.1) is 46.6 Å². The molecule has 0 bridgehead atoms. The Hall–Kier alpha value is -5.30. The van der Waals surface area contributed by atoms with Crippen LogP contribution in [0.15, 0.2) is 75.0 Å². The van der Waals surface area contributed by atoms with Gasteiger partial charge in [-0.15, -0.1) is 0 Å². The van der Waals surface area contributed by atoms with E-state index < -0.39 is 33.9 Å². The number of nitrogens with zero attached hydrogens (tertiary/aromatic N) is 5. The molecule has 45 heavy (non-hydrogen) atoms. The highest BCUT2D eigenvalue weighted by Crippen LogP contribution is 2.29. The zero-order valence-corrected chi connectivity index (χ0v) is 24.9. The van der Waals surface area contributed by atoms with Crippen molar-refractivity contribution < 1.29 is 14.5 Å². The number of likely N-dealkylation sites (tertiary alicyclic amines) is 1. The fraction of sp³-hybridized carbons (Fsp3) is 0.312. The number of fused-ring (bicyclic) bond motifs is 2. The van der Waals surface area contributed by atoms with Gasteiger partial charge in [-0.3, -0.25) is 33.4 Å². The van der Waals surface area contributed by atoms with Crippen LogP contribution in [0.3, 0.4) is 0 Å². The Labute approximate surface area is 256 Å². The molecule has 13 heteroatoms. The van der Waals surface area contributed by atoms with Crippen molar-refractivity contribution in [3.8, 4) is 0 Å². The van der Waals surface area contributed by atoms with Crippen LogP contribution in [0.25, 0.3) is 21.9 Å². The number of aromatic amines is 1. The van der Waals surface area contributed by atoms with Crippen molar-refractivity contribution in [2.24, 2.45) is 7.05 Å². The molecule has 1 fully saturated rings. The smallest absolute Gasteiger partial charge is 0.331 e. The van der Waals surface area contributed by atoms with Crippen molar-refractivity contribution in [3.05, 3.63) is 119 Å². The van der Waals surface area contributed by atoms with Crippen molar-refractivity contribution in [1.82, 2.24) is 23.6 Å². The minimum atomic E-state index is -0.631. The number of nitrogens with one attached hydrogen (secondary N) is 1. The number of nitro groups is 1. The normalized spacial score (nSPS) is 14.0. The van der Waals surface area contributed by atoms with Crippen LogP contribution in [0.2, 0.25) is 0 Å². The van der Waals surface area contributed by atoms with E-state index in [1.165, 1.54) is 30.7 Å². The largest absolute Gasteiger partial charge is 0.375 e. The molecule has 0 saturated carbocycles. The van der Waals surface area contributed by atoms with Crippen molar-refractivity contribution >= 4 is 33.5 Å². The molecule has 3 heterocycles. The van der Waals surface area contributed by atoms with Gasteiger partial charge in [0.2, 0.25) is 0 Å². The highest BCUT2D eigenvalue weighted by atomic mass is 16.6. The van der Waals surface area contributed by atoms with Crippen molar-refractivity contribution in [1.29, 1.82) is 0 Å². The molecule has 5 aromatic rings. The van der Waals surface area contributed by atoms with Gasteiger partial charge in [-0.05, 0) is 43.5 Å². The number of amides is 1. The molecule has 1 aliphatic rings. The van der Waals surface area contributed by atoms with Gasteiger partial charge < -0.3 is 14.6 Å². The summed E-state index contributed by atoms with van der Waals surface area (Å²) in [6, 6.07) is 17.1. The lowest BCUT2D eigenvalue weighted by Crippen LogP contribution is -2.46. The molecule has 1 saturated heterocycles. The summed E-state index contributed by atoms with van der Waals surface area (Å²) in [5.41, 5.74) is 1.20. The summed E-state index contributed by atoms with van der Waals surface area (Å²) in [5, 5.41) is 12.5. The number of piperidine rings is 1. The van der Waals surface area contributed by atoms with Gasteiger partial charge in [0, 0.05) is 32.2 Å². The summed E-state index contributed by atoms with van der Waals surface area (Å²) in [5.74, 6) is -0.559. The van der Waals surface area contributed by atoms with Gasteiger partial charge in [-0.25, -0.2) is 9.59 Å². The number of carbonyl (C=O) groups is 1. The maximum Gasteiger partial charge on any atom is 0.331 e. The Bertz CT molecular complexity index is 2120. The second-order valence-electron chi connectivity index (χ2n) is 11.3. The highest BCUT2D eigenvalue weighted by Gasteiger charge is 2.31. The average Bonchev–Trinajstić information content (AvgIpc) is 3.35.